The van der Waals surface area contributed by atoms with Crippen LogP contribution in [0, 0.1) is 0 Å². The molecule has 0 fully saturated rings. The van der Waals surface area contributed by atoms with Crippen molar-refractivity contribution >= 4 is 8.80 Å². The predicted molar refractivity (Wildman–Crippen MR) is 154 cm³/mol. The van der Waals surface area contributed by atoms with Gasteiger partial charge in [0.05, 0.1) is 0 Å². The van der Waals surface area contributed by atoms with Crippen molar-refractivity contribution in [2.75, 3.05) is 27.9 Å². The molecule has 0 aliphatic rings. The first-order valence-corrected chi connectivity index (χ1v) is 17.4. The minimum Gasteiger partial charge on any atom is -0.396 e. The van der Waals surface area contributed by atoms with Crippen molar-refractivity contribution < 1.29 is 18.4 Å². The standard InChI is InChI=1S/C30H64O4Si/c1-32-35(33-2,34-3)30-28-26-24-22-20-18-16-14-12-10-8-6-4-5-7-9-11-13-15-17-19-21-23-25-27-29-31/h31H,4-30H2,1-3H3. The molecule has 0 heterocycles. The molecule has 1 N–H and O–H groups in total. The van der Waals surface area contributed by atoms with Gasteiger partial charge in [0.25, 0.3) is 0 Å². The lowest BCUT2D eigenvalue weighted by molar-refractivity contribution is 0.122. The van der Waals surface area contributed by atoms with Gasteiger partial charge in [-0.2, -0.15) is 0 Å². The highest BCUT2D eigenvalue weighted by atomic mass is 28.4. The summed E-state index contributed by atoms with van der Waals surface area (Å²) in [7, 11) is 2.77. The molecule has 4 nitrogen and oxygen atoms in total. The third-order valence-electron chi connectivity index (χ3n) is 7.57. The molecule has 0 unspecified atom stereocenters. The van der Waals surface area contributed by atoms with Crippen molar-refractivity contribution in [2.45, 2.75) is 167 Å². The van der Waals surface area contributed by atoms with E-state index in [1.165, 1.54) is 148 Å². The van der Waals surface area contributed by atoms with Crippen LogP contribution in [0.1, 0.15) is 161 Å². The van der Waals surface area contributed by atoms with Crippen molar-refractivity contribution in [3.63, 3.8) is 0 Å². The first-order valence-electron chi connectivity index (χ1n) is 15.5. The Morgan fingerprint density at radius 3 is 0.743 bits per heavy atom. The molecular weight excluding hydrogens is 452 g/mol. The van der Waals surface area contributed by atoms with Gasteiger partial charge in [-0.05, 0) is 12.8 Å². The summed E-state index contributed by atoms with van der Waals surface area (Å²) in [5.41, 5.74) is 0. The molecule has 0 aliphatic carbocycles. The molecule has 0 aromatic carbocycles. The summed E-state index contributed by atoms with van der Waals surface area (Å²) in [6, 6.07) is 0.935. The number of hydrogen-bond acceptors (Lipinski definition) is 4. The zero-order valence-corrected chi connectivity index (χ0v) is 25.3. The summed E-state index contributed by atoms with van der Waals surface area (Å²) in [5, 5.41) is 8.77. The second-order valence-corrected chi connectivity index (χ2v) is 13.7. The third-order valence-corrected chi connectivity index (χ3v) is 10.4. The predicted octanol–water partition coefficient (Wildman–Crippen LogP) is 9.61. The van der Waals surface area contributed by atoms with Crippen molar-refractivity contribution in [3.8, 4) is 0 Å². The Morgan fingerprint density at radius 2 is 0.543 bits per heavy atom. The summed E-state index contributed by atoms with van der Waals surface area (Å²) in [6.45, 7) is 0.367. The van der Waals surface area contributed by atoms with Gasteiger partial charge >= 0.3 is 8.80 Å². The van der Waals surface area contributed by atoms with Crippen LogP contribution in [0.15, 0.2) is 0 Å². The largest absolute Gasteiger partial charge is 0.500 e. The minimum absolute atomic E-state index is 0.367. The van der Waals surface area contributed by atoms with Gasteiger partial charge in [-0.3, -0.25) is 0 Å². The zero-order chi connectivity index (χ0) is 25.7. The van der Waals surface area contributed by atoms with Crippen molar-refractivity contribution in [2.24, 2.45) is 0 Å². The van der Waals surface area contributed by atoms with E-state index in [0.29, 0.717) is 6.61 Å². The normalized spacial score (nSPS) is 12.0. The molecule has 0 atom stereocenters. The molecule has 0 saturated heterocycles. The topological polar surface area (TPSA) is 47.9 Å². The fraction of sp³-hybridized carbons (Fsp3) is 1.00. The maximum absolute atomic E-state index is 8.77. The van der Waals surface area contributed by atoms with Gasteiger partial charge < -0.3 is 18.4 Å². The smallest absolute Gasteiger partial charge is 0.396 e. The van der Waals surface area contributed by atoms with Crippen LogP contribution in [0.3, 0.4) is 0 Å². The molecule has 0 bridgehead atoms. The van der Waals surface area contributed by atoms with Gasteiger partial charge in [0, 0.05) is 34.0 Å². The van der Waals surface area contributed by atoms with Crippen molar-refractivity contribution in [1.29, 1.82) is 0 Å². The van der Waals surface area contributed by atoms with E-state index in [4.69, 9.17) is 18.4 Å². The Morgan fingerprint density at radius 1 is 0.343 bits per heavy atom. The molecule has 0 amide bonds. The molecule has 0 spiro atoms. The van der Waals surface area contributed by atoms with Crippen molar-refractivity contribution in [1.82, 2.24) is 0 Å². The van der Waals surface area contributed by atoms with E-state index < -0.39 is 8.80 Å². The van der Waals surface area contributed by atoms with Crippen LogP contribution in [-0.2, 0) is 13.3 Å². The first kappa shape index (κ1) is 35.1. The fourth-order valence-corrected chi connectivity index (χ4v) is 6.87. The average Bonchev–Trinajstić information content (AvgIpc) is 2.89. The van der Waals surface area contributed by atoms with Crippen LogP contribution < -0.4 is 0 Å². The second kappa shape index (κ2) is 28.6. The summed E-state index contributed by atoms with van der Waals surface area (Å²) < 4.78 is 16.4. The van der Waals surface area contributed by atoms with Crippen molar-refractivity contribution in [3.05, 3.63) is 0 Å². The van der Waals surface area contributed by atoms with E-state index in [-0.39, 0.29) is 0 Å². The van der Waals surface area contributed by atoms with Crippen LogP contribution in [0.2, 0.25) is 6.04 Å². The van der Waals surface area contributed by atoms with Crippen LogP contribution in [-0.4, -0.2) is 41.8 Å². The van der Waals surface area contributed by atoms with Gasteiger partial charge in [0.1, 0.15) is 0 Å². The highest BCUT2D eigenvalue weighted by Crippen LogP contribution is 2.19. The molecule has 212 valence electrons. The van der Waals surface area contributed by atoms with E-state index in [0.717, 1.165) is 18.9 Å². The van der Waals surface area contributed by atoms with E-state index in [9.17, 15) is 0 Å². The summed E-state index contributed by atoms with van der Waals surface area (Å²) in [5.74, 6) is 0. The monoisotopic (exact) mass is 516 g/mol. The SMILES string of the molecule is CO[Si](CCCCCCCCCCCCCCCCCCCCCCCCCCCO)(OC)OC. The molecule has 0 radical (unpaired) electrons. The fourth-order valence-electron chi connectivity index (χ4n) is 5.08. The van der Waals surface area contributed by atoms with E-state index >= 15 is 0 Å². The van der Waals surface area contributed by atoms with Gasteiger partial charge in [0.15, 0.2) is 0 Å². The summed E-state index contributed by atoms with van der Waals surface area (Å²) in [6.07, 6.45) is 34.4. The highest BCUT2D eigenvalue weighted by Gasteiger charge is 2.36. The Labute approximate surface area is 221 Å². The summed E-state index contributed by atoms with van der Waals surface area (Å²) >= 11 is 0. The molecule has 0 aromatic heterocycles. The number of aliphatic hydroxyl groups is 1. The van der Waals surface area contributed by atoms with E-state index in [2.05, 4.69) is 0 Å². The van der Waals surface area contributed by atoms with Gasteiger partial charge in [0.2, 0.25) is 0 Å². The molecule has 0 saturated carbocycles. The Bertz CT molecular complexity index is 382. The number of rotatable bonds is 30. The van der Waals surface area contributed by atoms with Crippen LogP contribution in [0.5, 0.6) is 0 Å². The Balaban J connectivity index is 3.14. The van der Waals surface area contributed by atoms with Crippen LogP contribution >= 0.6 is 0 Å². The Kier molecular flexibility index (Phi) is 28.7. The summed E-state index contributed by atoms with van der Waals surface area (Å²) in [4.78, 5) is 0. The van der Waals surface area contributed by atoms with Crippen LogP contribution in [0.4, 0.5) is 0 Å². The zero-order valence-electron chi connectivity index (χ0n) is 24.3. The van der Waals surface area contributed by atoms with Gasteiger partial charge in [-0.25, -0.2) is 0 Å². The molecule has 0 rings (SSSR count). The molecule has 5 heteroatoms. The lowest BCUT2D eigenvalue weighted by Crippen LogP contribution is -2.42. The second-order valence-electron chi connectivity index (χ2n) is 10.6. The van der Waals surface area contributed by atoms with E-state index in [1.807, 2.05) is 0 Å². The number of aliphatic hydroxyl groups excluding tert-OH is 1. The third kappa shape index (κ3) is 24.2. The maximum Gasteiger partial charge on any atom is 0.500 e. The minimum atomic E-state index is -2.34. The number of hydrogen-bond donors (Lipinski definition) is 1. The van der Waals surface area contributed by atoms with Gasteiger partial charge in [-0.1, -0.05) is 148 Å². The average molecular weight is 517 g/mol. The molecule has 0 aromatic rings. The molecule has 35 heavy (non-hydrogen) atoms. The van der Waals surface area contributed by atoms with Gasteiger partial charge in [-0.15, -0.1) is 0 Å². The van der Waals surface area contributed by atoms with E-state index in [1.54, 1.807) is 21.3 Å². The van der Waals surface area contributed by atoms with Crippen LogP contribution in [0.25, 0.3) is 0 Å². The molecule has 0 aliphatic heterocycles. The molecular formula is C30H64O4Si. The highest BCUT2D eigenvalue weighted by molar-refractivity contribution is 6.60. The maximum atomic E-state index is 8.77. The quantitative estimate of drug-likeness (QED) is 0.0762. The first-order chi connectivity index (χ1) is 17.2. The lowest BCUT2D eigenvalue weighted by atomic mass is 10.0. The Hall–Kier alpha value is 0.0569. The number of unbranched alkanes of at least 4 members (excludes halogenated alkanes) is 24. The lowest BCUT2D eigenvalue weighted by Gasteiger charge is -2.24.